The predicted octanol–water partition coefficient (Wildman–Crippen LogP) is 3.39. The van der Waals surface area contributed by atoms with Crippen LogP contribution in [0.5, 0.6) is 0 Å². The molecule has 1 N–H and O–H groups in total. The highest BCUT2D eigenvalue weighted by Gasteiger charge is 2.50. The third kappa shape index (κ3) is 2.85. The maximum atomic E-state index is 13.2. The van der Waals surface area contributed by atoms with Crippen molar-refractivity contribution in [3.05, 3.63) is 46.5 Å². The summed E-state index contributed by atoms with van der Waals surface area (Å²) in [5.41, 5.74) is 0.928. The van der Waals surface area contributed by atoms with Crippen molar-refractivity contribution in [2.24, 2.45) is 5.92 Å². The molecular formula is C20H25N3O2S. The summed E-state index contributed by atoms with van der Waals surface area (Å²) >= 11 is 1.20. The van der Waals surface area contributed by atoms with E-state index in [1.807, 2.05) is 42.2 Å². The molecule has 2 fully saturated rings. The molecule has 138 valence electrons. The number of hydrogen-bond acceptors (Lipinski definition) is 5. The van der Waals surface area contributed by atoms with Gasteiger partial charge >= 0.3 is 0 Å². The number of aryl methyl sites for hydroxylation is 1. The molecule has 2 heterocycles. The zero-order valence-corrected chi connectivity index (χ0v) is 15.9. The van der Waals surface area contributed by atoms with Crippen LogP contribution in [-0.4, -0.2) is 38.1 Å². The van der Waals surface area contributed by atoms with Crippen molar-refractivity contribution in [2.75, 3.05) is 6.54 Å². The summed E-state index contributed by atoms with van der Waals surface area (Å²) in [5.74, 6) is 0.131. The van der Waals surface area contributed by atoms with Gasteiger partial charge in [0.2, 0.25) is 0 Å². The van der Waals surface area contributed by atoms with Gasteiger partial charge in [0.05, 0.1) is 11.3 Å². The van der Waals surface area contributed by atoms with Gasteiger partial charge in [-0.1, -0.05) is 54.6 Å². The molecule has 0 unspecified atom stereocenters. The maximum Gasteiger partial charge on any atom is 0.267 e. The first kappa shape index (κ1) is 17.6. The SMILES string of the molecule is CCc1nnsc1C(=O)N1CC[C@@](O)(c2ccccc2)[C@H]2CCCC[C@@H]21. The van der Waals surface area contributed by atoms with Crippen LogP contribution in [0.2, 0.25) is 0 Å². The lowest BCUT2D eigenvalue weighted by Gasteiger charge is -2.52. The minimum Gasteiger partial charge on any atom is -0.385 e. The predicted molar refractivity (Wildman–Crippen MR) is 101 cm³/mol. The molecule has 1 aromatic carbocycles. The first-order chi connectivity index (χ1) is 12.6. The Labute approximate surface area is 158 Å². The fraction of sp³-hybridized carbons (Fsp3) is 0.550. The number of likely N-dealkylation sites (tertiary alicyclic amines) is 1. The number of hydrogen-bond donors (Lipinski definition) is 1. The molecular weight excluding hydrogens is 346 g/mol. The van der Waals surface area contributed by atoms with E-state index >= 15 is 0 Å². The van der Waals surface area contributed by atoms with Crippen molar-refractivity contribution in [1.29, 1.82) is 0 Å². The van der Waals surface area contributed by atoms with Gasteiger partial charge in [-0.15, -0.1) is 5.10 Å². The third-order valence-electron chi connectivity index (χ3n) is 6.10. The van der Waals surface area contributed by atoms with Crippen LogP contribution in [0.15, 0.2) is 30.3 Å². The first-order valence-electron chi connectivity index (χ1n) is 9.55. The highest BCUT2D eigenvalue weighted by atomic mass is 32.1. The summed E-state index contributed by atoms with van der Waals surface area (Å²) in [5, 5.41) is 15.7. The summed E-state index contributed by atoms with van der Waals surface area (Å²) < 4.78 is 3.98. The standard InChI is InChI=1S/C20H25N3O2S/c1-2-16-18(26-22-21-16)19(24)23-13-12-20(25,14-8-4-3-5-9-14)15-10-6-7-11-17(15)23/h3-5,8-9,15,17,25H,2,6-7,10-13H2,1H3/t15-,17-,20+/m0/s1. The number of piperidine rings is 1. The Bertz CT molecular complexity index is 778. The molecule has 1 saturated carbocycles. The van der Waals surface area contributed by atoms with E-state index in [2.05, 4.69) is 9.59 Å². The Kier molecular flexibility index (Phi) is 4.80. The number of aromatic nitrogens is 2. The van der Waals surface area contributed by atoms with E-state index in [1.54, 1.807) is 0 Å². The van der Waals surface area contributed by atoms with E-state index in [1.165, 1.54) is 11.5 Å². The van der Waals surface area contributed by atoms with Crippen molar-refractivity contribution in [1.82, 2.24) is 14.5 Å². The van der Waals surface area contributed by atoms with Crippen LogP contribution >= 0.6 is 11.5 Å². The molecule has 5 nitrogen and oxygen atoms in total. The highest BCUT2D eigenvalue weighted by Crippen LogP contribution is 2.47. The maximum absolute atomic E-state index is 13.2. The van der Waals surface area contributed by atoms with Crippen LogP contribution in [-0.2, 0) is 12.0 Å². The van der Waals surface area contributed by atoms with Gasteiger partial charge in [-0.05, 0) is 42.8 Å². The van der Waals surface area contributed by atoms with Gasteiger partial charge in [-0.2, -0.15) is 0 Å². The lowest BCUT2D eigenvalue weighted by molar-refractivity contribution is -0.110. The number of fused-ring (bicyclic) bond motifs is 1. The molecule has 2 aromatic rings. The van der Waals surface area contributed by atoms with Crippen molar-refractivity contribution in [3.8, 4) is 0 Å². The number of amides is 1. The van der Waals surface area contributed by atoms with Crippen molar-refractivity contribution >= 4 is 17.4 Å². The van der Waals surface area contributed by atoms with E-state index in [-0.39, 0.29) is 17.9 Å². The van der Waals surface area contributed by atoms with Crippen LogP contribution < -0.4 is 0 Å². The molecule has 1 aliphatic heterocycles. The normalized spacial score (nSPS) is 28.6. The Hall–Kier alpha value is -1.79. The highest BCUT2D eigenvalue weighted by molar-refractivity contribution is 7.08. The zero-order chi connectivity index (χ0) is 18.1. The number of aliphatic hydroxyl groups is 1. The molecule has 1 amide bonds. The Morgan fingerprint density at radius 1 is 1.31 bits per heavy atom. The number of carbonyl (C=O) groups is 1. The van der Waals surface area contributed by atoms with Crippen LogP contribution in [0.3, 0.4) is 0 Å². The number of rotatable bonds is 3. The second kappa shape index (κ2) is 7.08. The van der Waals surface area contributed by atoms with E-state index < -0.39 is 5.60 Å². The lowest BCUT2D eigenvalue weighted by atomic mass is 9.66. The van der Waals surface area contributed by atoms with E-state index in [4.69, 9.17) is 0 Å². The molecule has 1 saturated heterocycles. The molecule has 4 rings (SSSR count). The van der Waals surface area contributed by atoms with Crippen molar-refractivity contribution in [3.63, 3.8) is 0 Å². The third-order valence-corrected chi connectivity index (χ3v) is 6.85. The summed E-state index contributed by atoms with van der Waals surface area (Å²) in [4.78, 5) is 15.9. The van der Waals surface area contributed by atoms with Crippen molar-refractivity contribution in [2.45, 2.75) is 57.1 Å². The smallest absolute Gasteiger partial charge is 0.267 e. The number of benzene rings is 1. The van der Waals surface area contributed by atoms with Gasteiger partial charge in [0.15, 0.2) is 0 Å². The minimum absolute atomic E-state index is 0.0452. The number of carbonyl (C=O) groups excluding carboxylic acids is 1. The molecule has 2 aliphatic rings. The van der Waals surface area contributed by atoms with Crippen molar-refractivity contribution < 1.29 is 9.90 Å². The quantitative estimate of drug-likeness (QED) is 0.898. The monoisotopic (exact) mass is 371 g/mol. The van der Waals surface area contributed by atoms with Crippen LogP contribution in [0.1, 0.15) is 60.0 Å². The first-order valence-corrected chi connectivity index (χ1v) is 10.3. The van der Waals surface area contributed by atoms with Gasteiger partial charge in [0, 0.05) is 18.5 Å². The second-order valence-corrected chi connectivity index (χ2v) is 8.15. The van der Waals surface area contributed by atoms with Gasteiger partial charge in [-0.25, -0.2) is 0 Å². The fourth-order valence-corrected chi connectivity index (χ4v) is 5.46. The van der Waals surface area contributed by atoms with E-state index in [9.17, 15) is 9.90 Å². The van der Waals surface area contributed by atoms with Gasteiger partial charge in [0.1, 0.15) is 4.88 Å². The molecule has 26 heavy (non-hydrogen) atoms. The van der Waals surface area contributed by atoms with E-state index in [0.29, 0.717) is 24.3 Å². The summed E-state index contributed by atoms with van der Waals surface area (Å²) in [6.45, 7) is 2.58. The molecule has 1 aliphatic carbocycles. The summed E-state index contributed by atoms with van der Waals surface area (Å²) in [6, 6.07) is 10.1. The molecule has 0 bridgehead atoms. The lowest BCUT2D eigenvalue weighted by Crippen LogP contribution is -2.59. The van der Waals surface area contributed by atoms with Crippen LogP contribution in [0.4, 0.5) is 0 Å². The number of nitrogens with zero attached hydrogens (tertiary/aromatic N) is 3. The molecule has 0 spiro atoms. The summed E-state index contributed by atoms with van der Waals surface area (Å²) in [6.07, 6.45) is 5.43. The van der Waals surface area contributed by atoms with Crippen LogP contribution in [0, 0.1) is 5.92 Å². The Morgan fingerprint density at radius 2 is 2.08 bits per heavy atom. The van der Waals surface area contributed by atoms with Gasteiger partial charge in [0.25, 0.3) is 5.91 Å². The summed E-state index contributed by atoms with van der Waals surface area (Å²) in [7, 11) is 0. The second-order valence-electron chi connectivity index (χ2n) is 7.40. The Morgan fingerprint density at radius 3 is 2.85 bits per heavy atom. The molecule has 1 aromatic heterocycles. The largest absolute Gasteiger partial charge is 0.385 e. The van der Waals surface area contributed by atoms with E-state index in [0.717, 1.165) is 36.9 Å². The van der Waals surface area contributed by atoms with Gasteiger partial charge in [-0.3, -0.25) is 4.79 Å². The molecule has 3 atom stereocenters. The Balaban J connectivity index is 1.66. The topological polar surface area (TPSA) is 66.3 Å². The van der Waals surface area contributed by atoms with Gasteiger partial charge < -0.3 is 10.0 Å². The zero-order valence-electron chi connectivity index (χ0n) is 15.1. The molecule has 6 heteroatoms. The average molecular weight is 372 g/mol. The average Bonchev–Trinajstić information content (AvgIpc) is 3.17. The minimum atomic E-state index is -0.845. The fourth-order valence-electron chi connectivity index (χ4n) is 4.75. The molecule has 0 radical (unpaired) electrons. The van der Waals surface area contributed by atoms with Crippen LogP contribution in [0.25, 0.3) is 0 Å².